The number of halogens is 1. The number of Topliss-reactive ketones (excluding diaryl/α,β-unsaturated/α-hetero) is 1. The second-order valence-corrected chi connectivity index (χ2v) is 3.20. The van der Waals surface area contributed by atoms with Crippen LogP contribution in [-0.2, 0) is 0 Å². The first kappa shape index (κ1) is 9.83. The Morgan fingerprint density at radius 1 is 1.62 bits per heavy atom. The summed E-state index contributed by atoms with van der Waals surface area (Å²) in [6.45, 7) is 1.86. The fourth-order valence-electron chi connectivity index (χ4n) is 1.08. The molecule has 0 unspecified atom stereocenters. The van der Waals surface area contributed by atoms with E-state index < -0.39 is 0 Å². The Kier molecular flexibility index (Phi) is 3.11. The van der Waals surface area contributed by atoms with E-state index in [2.05, 4.69) is 5.92 Å². The van der Waals surface area contributed by atoms with Gasteiger partial charge in [-0.25, -0.2) is 0 Å². The molecule has 0 heterocycles. The second-order valence-electron chi connectivity index (χ2n) is 2.76. The van der Waals surface area contributed by atoms with Crippen molar-refractivity contribution < 1.29 is 4.79 Å². The molecule has 1 aromatic rings. The lowest BCUT2D eigenvalue weighted by molar-refractivity contribution is 0.0997. The van der Waals surface area contributed by atoms with E-state index in [4.69, 9.17) is 18.0 Å². The van der Waals surface area contributed by atoms with Crippen LogP contribution in [0, 0.1) is 19.3 Å². The van der Waals surface area contributed by atoms with Crippen LogP contribution in [0.1, 0.15) is 22.3 Å². The van der Waals surface area contributed by atoms with Crippen molar-refractivity contribution in [3.05, 3.63) is 34.3 Å². The van der Waals surface area contributed by atoms with Crippen LogP contribution in [0.25, 0.3) is 0 Å². The predicted octanol–water partition coefficient (Wildman–Crippen LogP) is 2.85. The molecule has 0 aliphatic carbocycles. The van der Waals surface area contributed by atoms with E-state index in [0.29, 0.717) is 10.6 Å². The first-order chi connectivity index (χ1) is 6.15. The molecule has 2 heteroatoms. The highest BCUT2D eigenvalue weighted by molar-refractivity contribution is 6.31. The zero-order valence-electron chi connectivity index (χ0n) is 7.30. The topological polar surface area (TPSA) is 17.1 Å². The van der Waals surface area contributed by atoms with Crippen molar-refractivity contribution in [3.8, 4) is 12.3 Å². The molecule has 0 aromatic heterocycles. The number of hydrogen-bond acceptors (Lipinski definition) is 1. The average Bonchev–Trinajstić information content (AvgIpc) is 2.09. The van der Waals surface area contributed by atoms with Gasteiger partial charge in [-0.05, 0) is 24.6 Å². The molecule has 0 fully saturated rings. The van der Waals surface area contributed by atoms with Crippen LogP contribution in [0.3, 0.4) is 0 Å². The fraction of sp³-hybridized carbons (Fsp3) is 0.182. The van der Waals surface area contributed by atoms with E-state index in [1.54, 1.807) is 12.1 Å². The van der Waals surface area contributed by atoms with E-state index >= 15 is 0 Å². The van der Waals surface area contributed by atoms with Gasteiger partial charge in [-0.2, -0.15) is 0 Å². The summed E-state index contributed by atoms with van der Waals surface area (Å²) in [6.07, 6.45) is 5.18. The van der Waals surface area contributed by atoms with Gasteiger partial charge in [0.25, 0.3) is 0 Å². The maximum absolute atomic E-state index is 11.4. The van der Waals surface area contributed by atoms with Crippen LogP contribution in [0.15, 0.2) is 18.2 Å². The molecule has 0 saturated carbocycles. The Hall–Kier alpha value is -1.26. The van der Waals surface area contributed by atoms with Gasteiger partial charge >= 0.3 is 0 Å². The Bertz CT molecular complexity index is 374. The predicted molar refractivity (Wildman–Crippen MR) is 54.0 cm³/mol. The summed E-state index contributed by atoms with van der Waals surface area (Å²) in [5.41, 5.74) is 1.52. The van der Waals surface area contributed by atoms with Crippen LogP contribution in [0.4, 0.5) is 0 Å². The zero-order valence-corrected chi connectivity index (χ0v) is 8.06. The lowest BCUT2D eigenvalue weighted by atomic mass is 10.0. The molecule has 0 saturated heterocycles. The van der Waals surface area contributed by atoms with Gasteiger partial charge in [0, 0.05) is 10.6 Å². The Morgan fingerprint density at radius 3 is 2.92 bits per heavy atom. The molecule has 1 rings (SSSR count). The minimum Gasteiger partial charge on any atom is -0.293 e. The Morgan fingerprint density at radius 2 is 2.31 bits per heavy atom. The number of ketones is 1. The SMILES string of the molecule is C#CCC(=O)c1cc(Cl)ccc1C. The third-order valence-corrected chi connectivity index (χ3v) is 2.00. The maximum atomic E-state index is 11.4. The molecule has 0 radical (unpaired) electrons. The van der Waals surface area contributed by atoms with Crippen molar-refractivity contribution >= 4 is 17.4 Å². The summed E-state index contributed by atoms with van der Waals surface area (Å²) in [6, 6.07) is 5.21. The second kappa shape index (κ2) is 4.11. The van der Waals surface area contributed by atoms with Gasteiger partial charge < -0.3 is 0 Å². The van der Waals surface area contributed by atoms with Gasteiger partial charge in [0.05, 0.1) is 6.42 Å². The molecule has 0 aliphatic heterocycles. The van der Waals surface area contributed by atoms with Crippen LogP contribution in [0.2, 0.25) is 5.02 Å². The molecule has 0 amide bonds. The van der Waals surface area contributed by atoms with Gasteiger partial charge in [-0.3, -0.25) is 4.79 Å². The van der Waals surface area contributed by atoms with Crippen molar-refractivity contribution in [2.24, 2.45) is 0 Å². The molecule has 0 bridgehead atoms. The van der Waals surface area contributed by atoms with Crippen molar-refractivity contribution in [3.63, 3.8) is 0 Å². The first-order valence-electron chi connectivity index (χ1n) is 3.88. The van der Waals surface area contributed by atoms with Gasteiger partial charge in [0.1, 0.15) is 0 Å². The summed E-state index contributed by atoms with van der Waals surface area (Å²) in [5.74, 6) is 2.27. The van der Waals surface area contributed by atoms with E-state index in [1.165, 1.54) is 0 Å². The van der Waals surface area contributed by atoms with E-state index in [-0.39, 0.29) is 12.2 Å². The number of carbonyl (C=O) groups excluding carboxylic acids is 1. The van der Waals surface area contributed by atoms with E-state index in [0.717, 1.165) is 5.56 Å². The third-order valence-electron chi connectivity index (χ3n) is 1.76. The van der Waals surface area contributed by atoms with Gasteiger partial charge in [-0.15, -0.1) is 6.42 Å². The minimum absolute atomic E-state index is 0.0532. The average molecular weight is 193 g/mol. The molecule has 0 atom stereocenters. The van der Waals surface area contributed by atoms with Gasteiger partial charge in [0.2, 0.25) is 0 Å². The molecular formula is C11H9ClO. The fourth-order valence-corrected chi connectivity index (χ4v) is 1.25. The zero-order chi connectivity index (χ0) is 9.84. The summed E-state index contributed by atoms with van der Waals surface area (Å²) in [5, 5.41) is 0.561. The molecule has 0 spiro atoms. The Labute approximate surface area is 82.7 Å². The normalized spacial score (nSPS) is 9.31. The lowest BCUT2D eigenvalue weighted by Gasteiger charge is -2.02. The minimum atomic E-state index is -0.0532. The summed E-state index contributed by atoms with van der Waals surface area (Å²) in [7, 11) is 0. The summed E-state index contributed by atoms with van der Waals surface area (Å²) < 4.78 is 0. The highest BCUT2D eigenvalue weighted by atomic mass is 35.5. The maximum Gasteiger partial charge on any atom is 0.175 e. The smallest absolute Gasteiger partial charge is 0.175 e. The molecule has 0 aliphatic rings. The molecule has 0 N–H and O–H groups in total. The monoisotopic (exact) mass is 192 g/mol. The number of aryl methyl sites for hydroxylation is 1. The summed E-state index contributed by atoms with van der Waals surface area (Å²) in [4.78, 5) is 11.4. The first-order valence-corrected chi connectivity index (χ1v) is 4.25. The highest BCUT2D eigenvalue weighted by Gasteiger charge is 2.07. The summed E-state index contributed by atoms with van der Waals surface area (Å²) >= 11 is 5.76. The number of hydrogen-bond donors (Lipinski definition) is 0. The molecular weight excluding hydrogens is 184 g/mol. The van der Waals surface area contributed by atoms with E-state index in [1.807, 2.05) is 13.0 Å². The van der Waals surface area contributed by atoms with Crippen molar-refractivity contribution in [2.45, 2.75) is 13.3 Å². The van der Waals surface area contributed by atoms with E-state index in [9.17, 15) is 4.79 Å². The molecule has 13 heavy (non-hydrogen) atoms. The van der Waals surface area contributed by atoms with Crippen molar-refractivity contribution in [1.29, 1.82) is 0 Å². The number of carbonyl (C=O) groups is 1. The number of terminal acetylenes is 1. The Balaban J connectivity index is 3.07. The number of rotatable bonds is 2. The van der Waals surface area contributed by atoms with Crippen LogP contribution in [-0.4, -0.2) is 5.78 Å². The van der Waals surface area contributed by atoms with Crippen LogP contribution in [0.5, 0.6) is 0 Å². The van der Waals surface area contributed by atoms with Gasteiger partial charge in [-0.1, -0.05) is 23.6 Å². The quantitative estimate of drug-likeness (QED) is 0.520. The van der Waals surface area contributed by atoms with Crippen LogP contribution >= 0.6 is 11.6 Å². The van der Waals surface area contributed by atoms with Crippen LogP contribution < -0.4 is 0 Å². The standard InChI is InChI=1S/C11H9ClO/c1-3-4-11(13)10-7-9(12)6-5-8(10)2/h1,5-7H,4H2,2H3. The van der Waals surface area contributed by atoms with Crippen molar-refractivity contribution in [2.75, 3.05) is 0 Å². The molecule has 1 nitrogen and oxygen atoms in total. The number of benzene rings is 1. The highest BCUT2D eigenvalue weighted by Crippen LogP contribution is 2.16. The third kappa shape index (κ3) is 2.34. The molecule has 66 valence electrons. The largest absolute Gasteiger partial charge is 0.293 e. The molecule has 1 aromatic carbocycles. The van der Waals surface area contributed by atoms with Gasteiger partial charge in [0.15, 0.2) is 5.78 Å². The lowest BCUT2D eigenvalue weighted by Crippen LogP contribution is -1.99. The van der Waals surface area contributed by atoms with Crippen molar-refractivity contribution in [1.82, 2.24) is 0 Å².